The maximum absolute atomic E-state index is 10.9. The summed E-state index contributed by atoms with van der Waals surface area (Å²) in [5, 5.41) is 2.98. The van der Waals surface area contributed by atoms with Crippen molar-refractivity contribution in [2.45, 2.75) is 118 Å². The fourth-order valence-electron chi connectivity index (χ4n) is 5.67. The lowest BCUT2D eigenvalue weighted by Gasteiger charge is -2.48. The van der Waals surface area contributed by atoms with E-state index in [9.17, 15) is 4.79 Å². The van der Waals surface area contributed by atoms with E-state index in [1.54, 1.807) is 11.3 Å². The monoisotopic (exact) mass is 609 g/mol. The molecule has 0 aliphatic rings. The minimum atomic E-state index is -1.20. The second-order valence-electron chi connectivity index (χ2n) is 14.3. The fraction of sp³-hybridized carbons (Fsp3) is 0.568. The second kappa shape index (κ2) is 13.4. The van der Waals surface area contributed by atoms with E-state index in [2.05, 4.69) is 118 Å². The van der Waals surface area contributed by atoms with Crippen LogP contribution in [0, 0.1) is 19.3 Å². The molecule has 1 atom stereocenters. The van der Waals surface area contributed by atoms with Crippen LogP contribution in [0.3, 0.4) is 0 Å². The molecule has 0 amide bonds. The van der Waals surface area contributed by atoms with Gasteiger partial charge in [0, 0.05) is 27.5 Å². The number of carbonyl (C=O) groups is 1. The van der Waals surface area contributed by atoms with E-state index in [-0.39, 0.29) is 21.7 Å². The lowest BCUT2D eigenvalue weighted by atomic mass is 9.69. The molecule has 0 fully saturated rings. The van der Waals surface area contributed by atoms with Gasteiger partial charge in [-0.25, -0.2) is 4.98 Å². The average molecular weight is 610 g/mol. The molecule has 3 aromatic rings. The second-order valence-corrected chi connectivity index (χ2v) is 19.1. The molecule has 0 bridgehead atoms. The summed E-state index contributed by atoms with van der Waals surface area (Å²) < 4.78 is 7.08. The summed E-state index contributed by atoms with van der Waals surface area (Å²) >= 11 is 1.62. The van der Waals surface area contributed by atoms with E-state index >= 15 is 0 Å². The van der Waals surface area contributed by atoms with Gasteiger partial charge < -0.3 is 8.98 Å². The Labute approximate surface area is 262 Å². The van der Waals surface area contributed by atoms with Gasteiger partial charge in [-0.05, 0) is 85.3 Å². The van der Waals surface area contributed by atoms with Crippen LogP contribution in [-0.4, -0.2) is 34.6 Å². The Kier molecular flexibility index (Phi) is 11.0. The summed E-state index contributed by atoms with van der Waals surface area (Å²) in [4.78, 5) is 15.6. The molecule has 0 saturated carbocycles. The Hall–Kier alpha value is -1.95. The molecule has 3 nitrogen and oxygen atoms in total. The molecule has 0 saturated heterocycles. The normalized spacial score (nSPS) is 14.2. The molecule has 5 heteroatoms. The average Bonchev–Trinajstić information content (AvgIpc) is 3.35. The first-order chi connectivity index (χ1) is 19.5. The maximum Gasteiger partial charge on any atom is 0.125 e. The Morgan fingerprint density at radius 1 is 0.929 bits per heavy atom. The highest BCUT2D eigenvalue weighted by atomic mass is 32.3. The highest BCUT2D eigenvalue weighted by molar-refractivity contribution is 8.29. The SMILES string of the molecule is CCC(CC)(c1ccc(CCC(OS(C)(C)C(C)(C)C)C(C)(C)C)c(C)c1)c1ccc(-c2nc(CC=O)cs2)c(C)c1. The van der Waals surface area contributed by atoms with Gasteiger partial charge in [-0.1, -0.05) is 91.8 Å². The van der Waals surface area contributed by atoms with Gasteiger partial charge in [-0.2, -0.15) is 0 Å². The van der Waals surface area contributed by atoms with Crippen LogP contribution in [0.2, 0.25) is 0 Å². The van der Waals surface area contributed by atoms with Gasteiger partial charge in [-0.3, -0.25) is 0 Å². The summed E-state index contributed by atoms with van der Waals surface area (Å²) in [6.45, 7) is 22.9. The number of hydrogen-bond donors (Lipinski definition) is 0. The minimum Gasteiger partial charge on any atom is -0.333 e. The molecule has 2 aromatic carbocycles. The summed E-state index contributed by atoms with van der Waals surface area (Å²) in [6, 6.07) is 14.1. The predicted octanol–water partition coefficient (Wildman–Crippen LogP) is 10.4. The van der Waals surface area contributed by atoms with Crippen molar-refractivity contribution in [2.75, 3.05) is 12.5 Å². The van der Waals surface area contributed by atoms with E-state index < -0.39 is 10.3 Å². The van der Waals surface area contributed by atoms with Crippen molar-refractivity contribution >= 4 is 27.9 Å². The van der Waals surface area contributed by atoms with Crippen LogP contribution in [0.1, 0.15) is 108 Å². The molecule has 1 heterocycles. The molecule has 0 spiro atoms. The van der Waals surface area contributed by atoms with Crippen LogP contribution < -0.4 is 0 Å². The van der Waals surface area contributed by atoms with E-state index in [0.29, 0.717) is 6.42 Å². The highest BCUT2D eigenvalue weighted by Crippen LogP contribution is 2.56. The number of aldehydes is 1. The molecule has 42 heavy (non-hydrogen) atoms. The summed E-state index contributed by atoms with van der Waals surface area (Å²) in [7, 11) is -1.20. The zero-order valence-electron chi connectivity index (χ0n) is 28.3. The number of nitrogens with zero attached hydrogens (tertiary/aromatic N) is 1. The first kappa shape index (κ1) is 34.5. The number of rotatable bonds is 12. The standard InChI is InChI=1S/C37H55NO2S2/c1-13-37(14-2,30-18-19-32(27(4)24-30)34-38-31(21-22-39)25-41-34)29-17-15-28(26(3)23-29)16-20-33(35(5,6)7)40-42(11,12)36(8,9)10/h15,17-19,22-25,33H,13-14,16,20-21H2,1-12H3. The largest absolute Gasteiger partial charge is 0.333 e. The summed E-state index contributed by atoms with van der Waals surface area (Å²) in [5.41, 5.74) is 8.81. The zero-order valence-corrected chi connectivity index (χ0v) is 29.9. The van der Waals surface area contributed by atoms with Crippen molar-refractivity contribution in [2.24, 2.45) is 5.41 Å². The molecule has 0 N–H and O–H groups in total. The van der Waals surface area contributed by atoms with E-state index in [1.807, 2.05) is 5.38 Å². The third-order valence-corrected chi connectivity index (χ3v) is 14.0. The van der Waals surface area contributed by atoms with Gasteiger partial charge in [0.25, 0.3) is 0 Å². The fourth-order valence-corrected chi connectivity index (χ4v) is 7.84. The smallest absolute Gasteiger partial charge is 0.125 e. The first-order valence-corrected chi connectivity index (χ1v) is 18.7. The Morgan fingerprint density at radius 2 is 1.52 bits per heavy atom. The summed E-state index contributed by atoms with van der Waals surface area (Å²) in [5.74, 6) is 0. The molecule has 0 aliphatic heterocycles. The Morgan fingerprint density at radius 3 is 2.02 bits per heavy atom. The highest BCUT2D eigenvalue weighted by Gasteiger charge is 2.36. The first-order valence-electron chi connectivity index (χ1n) is 15.5. The van der Waals surface area contributed by atoms with Gasteiger partial charge in [0.2, 0.25) is 0 Å². The Bertz CT molecular complexity index is 1350. The number of hydrogen-bond acceptors (Lipinski definition) is 4. The third kappa shape index (κ3) is 7.57. The van der Waals surface area contributed by atoms with Crippen LogP contribution in [0.15, 0.2) is 41.8 Å². The Balaban J connectivity index is 1.89. The van der Waals surface area contributed by atoms with Gasteiger partial charge in [0.05, 0.1) is 11.8 Å². The van der Waals surface area contributed by atoms with Gasteiger partial charge in [0.15, 0.2) is 0 Å². The van der Waals surface area contributed by atoms with Crippen LogP contribution in [0.4, 0.5) is 0 Å². The third-order valence-electron chi connectivity index (χ3n) is 9.43. The number of carbonyl (C=O) groups excluding carboxylic acids is 1. The zero-order chi connectivity index (χ0) is 31.5. The van der Waals surface area contributed by atoms with Crippen molar-refractivity contribution in [1.82, 2.24) is 4.98 Å². The van der Waals surface area contributed by atoms with Crippen LogP contribution >= 0.6 is 21.6 Å². The van der Waals surface area contributed by atoms with E-state index in [1.165, 1.54) is 27.8 Å². The topological polar surface area (TPSA) is 39.2 Å². The quantitative estimate of drug-likeness (QED) is 0.192. The van der Waals surface area contributed by atoms with Gasteiger partial charge >= 0.3 is 0 Å². The molecule has 1 aromatic heterocycles. The van der Waals surface area contributed by atoms with Crippen molar-refractivity contribution in [3.05, 3.63) is 75.3 Å². The number of aromatic nitrogens is 1. The van der Waals surface area contributed by atoms with Gasteiger partial charge in [0.1, 0.15) is 11.3 Å². The molecule has 3 rings (SSSR count). The van der Waals surface area contributed by atoms with Crippen LogP contribution in [0.25, 0.3) is 10.6 Å². The predicted molar refractivity (Wildman–Crippen MR) is 186 cm³/mol. The van der Waals surface area contributed by atoms with Gasteiger partial charge in [-0.15, -0.1) is 21.6 Å². The van der Waals surface area contributed by atoms with Crippen LogP contribution in [0.5, 0.6) is 0 Å². The van der Waals surface area contributed by atoms with Crippen molar-refractivity contribution in [3.8, 4) is 10.6 Å². The van der Waals surface area contributed by atoms with Crippen molar-refractivity contribution < 1.29 is 8.98 Å². The number of aryl methyl sites for hydroxylation is 3. The molecular formula is C37H55NO2S2. The van der Waals surface area contributed by atoms with E-state index in [0.717, 1.165) is 48.2 Å². The van der Waals surface area contributed by atoms with Crippen molar-refractivity contribution in [3.63, 3.8) is 0 Å². The number of thiazole rings is 1. The molecule has 1 unspecified atom stereocenters. The minimum absolute atomic E-state index is 0.0463. The van der Waals surface area contributed by atoms with Crippen LogP contribution in [-0.2, 0) is 27.2 Å². The lowest BCUT2D eigenvalue weighted by molar-refractivity contribution is -0.107. The molecule has 0 radical (unpaired) electrons. The van der Waals surface area contributed by atoms with Crippen molar-refractivity contribution in [1.29, 1.82) is 0 Å². The number of benzene rings is 2. The molecule has 0 aliphatic carbocycles. The summed E-state index contributed by atoms with van der Waals surface area (Å²) in [6.07, 6.45) is 10.2. The molecule has 232 valence electrons. The van der Waals surface area contributed by atoms with E-state index in [4.69, 9.17) is 9.17 Å². The maximum atomic E-state index is 10.9. The lowest BCUT2D eigenvalue weighted by Crippen LogP contribution is -2.35. The molecular weight excluding hydrogens is 555 g/mol.